The Balaban J connectivity index is 3.41. The van der Waals surface area contributed by atoms with Crippen LogP contribution in [0.2, 0.25) is 0 Å². The molecule has 10 heavy (non-hydrogen) atoms. The second-order valence-electron chi connectivity index (χ2n) is 1.86. The minimum atomic E-state index is 0.906. The lowest BCUT2D eigenvalue weighted by atomic mass is 10.2. The molecule has 0 aromatic heterocycles. The lowest BCUT2D eigenvalue weighted by Gasteiger charge is -1.81. The normalized spacial score (nSPS) is 7.90. The van der Waals surface area contributed by atoms with Gasteiger partial charge in [-0.25, -0.2) is 0 Å². The first kappa shape index (κ1) is 10.3. The third-order valence-corrected chi connectivity index (χ3v) is 1.40. The van der Waals surface area contributed by atoms with Crippen molar-refractivity contribution in [1.82, 2.24) is 0 Å². The zero-order chi connectivity index (χ0) is 7.82. The van der Waals surface area contributed by atoms with Crippen LogP contribution in [-0.4, -0.2) is 0 Å². The summed E-state index contributed by atoms with van der Waals surface area (Å²) in [5.41, 5.74) is 0. The molecule has 0 N–H and O–H groups in total. The Morgan fingerprint density at radius 1 is 1.50 bits per heavy atom. The summed E-state index contributed by atoms with van der Waals surface area (Å²) in [6, 6.07) is 0. The van der Waals surface area contributed by atoms with E-state index in [2.05, 4.69) is 50.6 Å². The molecule has 0 spiro atoms. The van der Waals surface area contributed by atoms with Crippen LogP contribution >= 0.6 is 31.9 Å². The molecule has 0 atom stereocenters. The maximum atomic E-state index is 3.22. The molecule has 0 saturated heterocycles. The Labute approximate surface area is 79.3 Å². The molecule has 0 amide bonds. The number of rotatable bonds is 2. The SMILES string of the molecule is CCCCC#CC=C(Br)Br. The van der Waals surface area contributed by atoms with Gasteiger partial charge in [-0.3, -0.25) is 0 Å². The second kappa shape index (κ2) is 7.37. The van der Waals surface area contributed by atoms with Crippen molar-refractivity contribution in [2.24, 2.45) is 0 Å². The molecular weight excluding hydrogens is 256 g/mol. The van der Waals surface area contributed by atoms with Gasteiger partial charge in [0.2, 0.25) is 0 Å². The summed E-state index contributed by atoms with van der Waals surface area (Å²) in [5, 5.41) is 0. The molecule has 0 aliphatic rings. The molecule has 0 nitrogen and oxygen atoms in total. The number of hydrogen-bond acceptors (Lipinski definition) is 0. The molecule has 0 saturated carbocycles. The molecular formula is C8H10Br2. The number of allylic oxidation sites excluding steroid dienone is 1. The molecule has 0 radical (unpaired) electrons. The fourth-order valence-corrected chi connectivity index (χ4v) is 0.672. The molecule has 56 valence electrons. The van der Waals surface area contributed by atoms with Crippen LogP contribution in [0.5, 0.6) is 0 Å². The van der Waals surface area contributed by atoms with Crippen LogP contribution < -0.4 is 0 Å². The molecule has 0 aliphatic heterocycles. The number of halogens is 2. The van der Waals surface area contributed by atoms with Crippen molar-refractivity contribution >= 4 is 31.9 Å². The zero-order valence-corrected chi connectivity index (χ0v) is 9.13. The molecule has 0 fully saturated rings. The first-order valence-corrected chi connectivity index (χ1v) is 4.85. The Morgan fingerprint density at radius 3 is 2.70 bits per heavy atom. The lowest BCUT2D eigenvalue weighted by molar-refractivity contribution is 0.828. The topological polar surface area (TPSA) is 0 Å². The van der Waals surface area contributed by atoms with Crippen LogP contribution in [0, 0.1) is 11.8 Å². The smallest absolute Gasteiger partial charge is 0.0687 e. The van der Waals surface area contributed by atoms with Gasteiger partial charge >= 0.3 is 0 Å². The predicted molar refractivity (Wildman–Crippen MR) is 53.2 cm³/mol. The van der Waals surface area contributed by atoms with E-state index < -0.39 is 0 Å². The Morgan fingerprint density at radius 2 is 2.20 bits per heavy atom. The highest BCUT2D eigenvalue weighted by molar-refractivity contribution is 9.28. The summed E-state index contributed by atoms with van der Waals surface area (Å²) in [4.78, 5) is 0. The predicted octanol–water partition coefficient (Wildman–Crippen LogP) is 3.81. The van der Waals surface area contributed by atoms with Crippen molar-refractivity contribution < 1.29 is 0 Å². The van der Waals surface area contributed by atoms with E-state index in [0.717, 1.165) is 9.81 Å². The zero-order valence-electron chi connectivity index (χ0n) is 5.95. The fraction of sp³-hybridized carbons (Fsp3) is 0.500. The van der Waals surface area contributed by atoms with E-state index in [1.807, 2.05) is 0 Å². The molecule has 0 aromatic carbocycles. The van der Waals surface area contributed by atoms with E-state index in [1.165, 1.54) is 12.8 Å². The van der Waals surface area contributed by atoms with Crippen LogP contribution in [0.25, 0.3) is 0 Å². The van der Waals surface area contributed by atoms with E-state index in [0.29, 0.717) is 0 Å². The van der Waals surface area contributed by atoms with Gasteiger partial charge in [-0.05, 0) is 38.3 Å². The van der Waals surface area contributed by atoms with Gasteiger partial charge < -0.3 is 0 Å². The highest BCUT2D eigenvalue weighted by Gasteiger charge is 1.76. The monoisotopic (exact) mass is 264 g/mol. The Hall–Kier alpha value is 0.260. The molecule has 0 aliphatic carbocycles. The first-order valence-electron chi connectivity index (χ1n) is 3.27. The van der Waals surface area contributed by atoms with E-state index in [4.69, 9.17) is 0 Å². The minimum absolute atomic E-state index is 0.906. The average molecular weight is 266 g/mol. The molecule has 0 aromatic rings. The van der Waals surface area contributed by atoms with Gasteiger partial charge in [0.05, 0.1) is 3.39 Å². The largest absolute Gasteiger partial charge is 0.0985 e. The van der Waals surface area contributed by atoms with Crippen molar-refractivity contribution in [2.45, 2.75) is 26.2 Å². The first-order chi connectivity index (χ1) is 4.77. The van der Waals surface area contributed by atoms with E-state index in [-0.39, 0.29) is 0 Å². The highest BCUT2D eigenvalue weighted by Crippen LogP contribution is 2.11. The molecule has 0 rings (SSSR count). The lowest BCUT2D eigenvalue weighted by Crippen LogP contribution is -1.65. The summed E-state index contributed by atoms with van der Waals surface area (Å²) in [6.07, 6.45) is 5.21. The number of unbranched alkanes of at least 4 members (excludes halogenated alkanes) is 2. The van der Waals surface area contributed by atoms with Crippen LogP contribution in [-0.2, 0) is 0 Å². The van der Waals surface area contributed by atoms with Gasteiger partial charge in [0.25, 0.3) is 0 Å². The third kappa shape index (κ3) is 8.26. The Bertz CT molecular complexity index is 156. The third-order valence-electron chi connectivity index (χ3n) is 0.939. The maximum Gasteiger partial charge on any atom is 0.0687 e. The van der Waals surface area contributed by atoms with Gasteiger partial charge in [0.1, 0.15) is 0 Å². The van der Waals surface area contributed by atoms with Gasteiger partial charge in [-0.2, -0.15) is 0 Å². The number of hydrogen-bond donors (Lipinski definition) is 0. The molecule has 0 bridgehead atoms. The quantitative estimate of drug-likeness (QED) is 0.526. The molecule has 2 heteroatoms. The van der Waals surface area contributed by atoms with Crippen LogP contribution in [0.4, 0.5) is 0 Å². The van der Waals surface area contributed by atoms with E-state index >= 15 is 0 Å². The average Bonchev–Trinajstić information content (AvgIpc) is 1.87. The van der Waals surface area contributed by atoms with Crippen molar-refractivity contribution in [2.75, 3.05) is 0 Å². The maximum absolute atomic E-state index is 3.22. The summed E-state index contributed by atoms with van der Waals surface area (Å²) in [6.45, 7) is 2.16. The van der Waals surface area contributed by atoms with Gasteiger partial charge in [-0.1, -0.05) is 25.2 Å². The van der Waals surface area contributed by atoms with Crippen molar-refractivity contribution in [3.63, 3.8) is 0 Å². The van der Waals surface area contributed by atoms with Crippen molar-refractivity contribution in [1.29, 1.82) is 0 Å². The standard InChI is InChI=1S/C8H10Br2/c1-2-3-4-5-6-7-8(9)10/h7H,2-4H2,1H3. The molecule has 0 unspecified atom stereocenters. The molecule has 0 heterocycles. The van der Waals surface area contributed by atoms with E-state index in [9.17, 15) is 0 Å². The highest BCUT2D eigenvalue weighted by atomic mass is 79.9. The van der Waals surface area contributed by atoms with Crippen LogP contribution in [0.1, 0.15) is 26.2 Å². The van der Waals surface area contributed by atoms with Gasteiger partial charge in [0.15, 0.2) is 0 Å². The van der Waals surface area contributed by atoms with Crippen molar-refractivity contribution in [3.8, 4) is 11.8 Å². The van der Waals surface area contributed by atoms with Gasteiger partial charge in [-0.15, -0.1) is 0 Å². The van der Waals surface area contributed by atoms with Gasteiger partial charge in [0, 0.05) is 12.5 Å². The summed E-state index contributed by atoms with van der Waals surface area (Å²) in [7, 11) is 0. The van der Waals surface area contributed by atoms with Crippen molar-refractivity contribution in [3.05, 3.63) is 9.47 Å². The second-order valence-corrected chi connectivity index (χ2v) is 4.63. The van der Waals surface area contributed by atoms with Crippen LogP contribution in [0.15, 0.2) is 9.47 Å². The summed E-state index contributed by atoms with van der Waals surface area (Å²) >= 11 is 6.44. The fourth-order valence-electron chi connectivity index (χ4n) is 0.443. The van der Waals surface area contributed by atoms with E-state index in [1.54, 1.807) is 6.08 Å². The summed E-state index contributed by atoms with van der Waals surface area (Å²) < 4.78 is 0.906. The Kier molecular flexibility index (Phi) is 7.56. The minimum Gasteiger partial charge on any atom is -0.0985 e. The summed E-state index contributed by atoms with van der Waals surface area (Å²) in [5.74, 6) is 5.95. The van der Waals surface area contributed by atoms with Crippen LogP contribution in [0.3, 0.4) is 0 Å².